The summed E-state index contributed by atoms with van der Waals surface area (Å²) in [5, 5.41) is 30.2. The number of rotatable bonds is 8. The lowest BCUT2D eigenvalue weighted by Crippen LogP contribution is -2.49. The van der Waals surface area contributed by atoms with Gasteiger partial charge in [0.25, 0.3) is 0 Å². The van der Waals surface area contributed by atoms with Gasteiger partial charge in [-0.3, -0.25) is 9.59 Å². The molecule has 0 spiro atoms. The fraction of sp³-hybridized carbons (Fsp3) is 0.312. The van der Waals surface area contributed by atoms with E-state index in [1.807, 2.05) is 0 Å². The molecule has 0 aliphatic heterocycles. The highest BCUT2D eigenvalue weighted by Crippen LogP contribution is 2.23. The number of aromatic hydroxyl groups is 1. The number of phenolic OH excluding ortho intramolecular Hbond substituents is 1. The molecule has 2 aromatic rings. The molecule has 1 aromatic heterocycles. The molecule has 1 heterocycles. The Morgan fingerprint density at radius 3 is 2.54 bits per heavy atom. The van der Waals surface area contributed by atoms with Gasteiger partial charge < -0.3 is 31.4 Å². The lowest BCUT2D eigenvalue weighted by atomic mass is 10.0. The van der Waals surface area contributed by atoms with Crippen molar-refractivity contribution in [1.82, 2.24) is 10.3 Å². The molecule has 0 aliphatic carbocycles. The summed E-state index contributed by atoms with van der Waals surface area (Å²) in [4.78, 5) is 36.8. The first-order chi connectivity index (χ1) is 11.8. The number of nitrogens with one attached hydrogen (secondary N) is 2. The van der Waals surface area contributed by atoms with Gasteiger partial charge in [-0.1, -0.05) is 0 Å². The molecule has 1 aromatic carbocycles. The number of amides is 1. The van der Waals surface area contributed by atoms with E-state index in [9.17, 15) is 19.5 Å². The first kappa shape index (κ1) is 21.3. The number of halogens is 1. The van der Waals surface area contributed by atoms with Gasteiger partial charge in [-0.25, -0.2) is 4.79 Å². The summed E-state index contributed by atoms with van der Waals surface area (Å²) >= 11 is 0. The first-order valence-corrected chi connectivity index (χ1v) is 7.57. The van der Waals surface area contributed by atoms with Crippen LogP contribution in [0.4, 0.5) is 0 Å². The van der Waals surface area contributed by atoms with Crippen LogP contribution in [0.3, 0.4) is 0 Å². The smallest absolute Gasteiger partial charge is 0.326 e. The van der Waals surface area contributed by atoms with Crippen molar-refractivity contribution in [2.75, 3.05) is 0 Å². The molecule has 0 radical (unpaired) electrons. The van der Waals surface area contributed by atoms with Gasteiger partial charge >= 0.3 is 11.9 Å². The second kappa shape index (κ2) is 9.07. The summed E-state index contributed by atoms with van der Waals surface area (Å²) in [6.45, 7) is 0. The zero-order chi connectivity index (χ0) is 18.6. The summed E-state index contributed by atoms with van der Waals surface area (Å²) in [6.07, 6.45) is 1.18. The SMILES string of the molecule is Cl.N[C@@H](Cc1c[nH]c2ccc(O)cc12)C(=O)N[C@@H](CCC(=O)O)C(=O)O. The fourth-order valence-electron chi connectivity index (χ4n) is 2.47. The summed E-state index contributed by atoms with van der Waals surface area (Å²) in [6, 6.07) is 2.41. The molecule has 0 bridgehead atoms. The molecule has 0 aliphatic rings. The number of aromatic amines is 1. The highest BCUT2D eigenvalue weighted by atomic mass is 35.5. The van der Waals surface area contributed by atoms with Gasteiger partial charge in [0.1, 0.15) is 11.8 Å². The van der Waals surface area contributed by atoms with E-state index >= 15 is 0 Å². The van der Waals surface area contributed by atoms with Crippen molar-refractivity contribution < 1.29 is 29.7 Å². The Balaban J connectivity index is 0.00000338. The van der Waals surface area contributed by atoms with E-state index in [2.05, 4.69) is 10.3 Å². The molecule has 0 fully saturated rings. The number of fused-ring (bicyclic) bond motifs is 1. The van der Waals surface area contributed by atoms with Crippen molar-refractivity contribution in [2.45, 2.75) is 31.3 Å². The largest absolute Gasteiger partial charge is 0.508 e. The summed E-state index contributed by atoms with van der Waals surface area (Å²) < 4.78 is 0. The van der Waals surface area contributed by atoms with Crippen LogP contribution in [0.15, 0.2) is 24.4 Å². The maximum Gasteiger partial charge on any atom is 0.326 e. The molecule has 7 N–H and O–H groups in total. The number of hydrogen-bond donors (Lipinski definition) is 6. The van der Waals surface area contributed by atoms with E-state index in [-0.39, 0.29) is 37.4 Å². The number of hydrogen-bond acceptors (Lipinski definition) is 5. The molecule has 2 rings (SSSR count). The predicted octanol–water partition coefficient (Wildman–Crippen LogP) is 0.599. The van der Waals surface area contributed by atoms with Gasteiger partial charge in [0.15, 0.2) is 0 Å². The minimum Gasteiger partial charge on any atom is -0.508 e. The highest BCUT2D eigenvalue weighted by Gasteiger charge is 2.24. The highest BCUT2D eigenvalue weighted by molar-refractivity contribution is 5.89. The second-order valence-corrected chi connectivity index (χ2v) is 5.69. The summed E-state index contributed by atoms with van der Waals surface area (Å²) in [5.74, 6) is -3.08. The Kier molecular flexibility index (Phi) is 7.41. The van der Waals surface area contributed by atoms with Crippen LogP contribution >= 0.6 is 12.4 Å². The summed E-state index contributed by atoms with van der Waals surface area (Å²) in [7, 11) is 0. The van der Waals surface area contributed by atoms with Crippen LogP contribution in [-0.4, -0.2) is 50.2 Å². The predicted molar refractivity (Wildman–Crippen MR) is 95.3 cm³/mol. The van der Waals surface area contributed by atoms with E-state index in [4.69, 9.17) is 15.9 Å². The Morgan fingerprint density at radius 1 is 1.23 bits per heavy atom. The fourth-order valence-corrected chi connectivity index (χ4v) is 2.47. The normalized spacial score (nSPS) is 12.8. The van der Waals surface area contributed by atoms with Crippen molar-refractivity contribution in [3.05, 3.63) is 30.0 Å². The number of carbonyl (C=O) groups excluding carboxylic acids is 1. The number of nitrogens with two attached hydrogens (primary N) is 1. The van der Waals surface area contributed by atoms with Crippen LogP contribution in [0.1, 0.15) is 18.4 Å². The van der Waals surface area contributed by atoms with Crippen molar-refractivity contribution in [3.63, 3.8) is 0 Å². The number of phenols is 1. The minimum atomic E-state index is -1.32. The molecule has 9 nitrogen and oxygen atoms in total. The Hall–Kier alpha value is -2.78. The maximum atomic E-state index is 12.1. The van der Waals surface area contributed by atoms with Gasteiger partial charge in [0.05, 0.1) is 6.04 Å². The molecular formula is C16H20ClN3O6. The number of H-pyrrole nitrogens is 1. The van der Waals surface area contributed by atoms with Crippen molar-refractivity contribution in [1.29, 1.82) is 0 Å². The van der Waals surface area contributed by atoms with E-state index < -0.39 is 29.9 Å². The minimum absolute atomic E-state index is 0. The molecule has 0 unspecified atom stereocenters. The van der Waals surface area contributed by atoms with E-state index in [0.29, 0.717) is 10.9 Å². The van der Waals surface area contributed by atoms with Crippen LogP contribution in [0, 0.1) is 0 Å². The molecule has 10 heteroatoms. The number of aromatic nitrogens is 1. The third-order valence-electron chi connectivity index (χ3n) is 3.79. The average molecular weight is 386 g/mol. The lowest BCUT2D eigenvalue weighted by Gasteiger charge is -2.17. The van der Waals surface area contributed by atoms with Crippen molar-refractivity contribution in [3.8, 4) is 5.75 Å². The van der Waals surface area contributed by atoms with Crippen molar-refractivity contribution >= 4 is 41.2 Å². The van der Waals surface area contributed by atoms with Gasteiger partial charge in [-0.15, -0.1) is 12.4 Å². The summed E-state index contributed by atoms with van der Waals surface area (Å²) in [5.41, 5.74) is 7.31. The van der Waals surface area contributed by atoms with Crippen LogP contribution in [0.25, 0.3) is 10.9 Å². The molecule has 142 valence electrons. The topological polar surface area (TPSA) is 166 Å². The average Bonchev–Trinajstić information content (AvgIpc) is 2.92. The van der Waals surface area contributed by atoms with E-state index in [1.165, 1.54) is 6.07 Å². The number of aliphatic carboxylic acids is 2. The number of carbonyl (C=O) groups is 3. The van der Waals surface area contributed by atoms with Gasteiger partial charge in [-0.2, -0.15) is 0 Å². The molecular weight excluding hydrogens is 366 g/mol. The van der Waals surface area contributed by atoms with Crippen LogP contribution in [0.5, 0.6) is 5.75 Å². The number of carboxylic acid groups (broad SMARTS) is 2. The van der Waals surface area contributed by atoms with Gasteiger partial charge in [0.2, 0.25) is 5.91 Å². The Morgan fingerprint density at radius 2 is 1.92 bits per heavy atom. The quantitative estimate of drug-likeness (QED) is 0.387. The molecule has 1 amide bonds. The zero-order valence-corrected chi connectivity index (χ0v) is 14.5. The molecule has 0 saturated carbocycles. The Bertz CT molecular complexity index is 806. The van der Waals surface area contributed by atoms with Gasteiger partial charge in [-0.05, 0) is 36.6 Å². The second-order valence-electron chi connectivity index (χ2n) is 5.69. The van der Waals surface area contributed by atoms with Gasteiger partial charge in [0, 0.05) is 23.5 Å². The third-order valence-corrected chi connectivity index (χ3v) is 3.79. The monoisotopic (exact) mass is 385 g/mol. The standard InChI is InChI=1S/C16H19N3O6.ClH/c17-11(15(23)19-13(16(24)25)3-4-14(21)22)5-8-7-18-12-2-1-9(20)6-10(8)12;/h1-2,6-7,11,13,18,20H,3-5,17H2,(H,19,23)(H,21,22)(H,24,25);1H/t11-,13-;/m0./s1. The zero-order valence-electron chi connectivity index (χ0n) is 13.6. The van der Waals surface area contributed by atoms with Crippen LogP contribution < -0.4 is 11.1 Å². The lowest BCUT2D eigenvalue weighted by molar-refractivity contribution is -0.143. The van der Waals surface area contributed by atoms with E-state index in [0.717, 1.165) is 5.52 Å². The molecule has 0 saturated heterocycles. The van der Waals surface area contributed by atoms with Crippen LogP contribution in [-0.2, 0) is 20.8 Å². The molecule has 26 heavy (non-hydrogen) atoms. The van der Waals surface area contributed by atoms with Crippen LogP contribution in [0.2, 0.25) is 0 Å². The van der Waals surface area contributed by atoms with Crippen molar-refractivity contribution in [2.24, 2.45) is 5.73 Å². The first-order valence-electron chi connectivity index (χ1n) is 7.57. The van der Waals surface area contributed by atoms with E-state index in [1.54, 1.807) is 18.3 Å². The molecule has 2 atom stereocenters. The Labute approximate surface area is 154 Å². The number of carboxylic acids is 2. The maximum absolute atomic E-state index is 12.1. The third kappa shape index (κ3) is 5.36. The number of benzene rings is 1.